The maximum atomic E-state index is 12.8. The Hall–Kier alpha value is -2.98. The lowest BCUT2D eigenvalue weighted by molar-refractivity contribution is -0.382. The quantitative estimate of drug-likeness (QED) is 0.194. The van der Waals surface area contributed by atoms with Gasteiger partial charge in [0, 0.05) is 0 Å². The van der Waals surface area contributed by atoms with Crippen molar-refractivity contribution >= 4 is 11.9 Å². The minimum Gasteiger partial charge on any atom is -0.450 e. The molecule has 2 aromatic rings. The summed E-state index contributed by atoms with van der Waals surface area (Å²) in [6, 6.07) is 15.4. The van der Waals surface area contributed by atoms with Crippen molar-refractivity contribution in [3.63, 3.8) is 0 Å². The van der Waals surface area contributed by atoms with Crippen molar-refractivity contribution in [1.82, 2.24) is 0 Å². The van der Waals surface area contributed by atoms with Gasteiger partial charge in [0.05, 0.1) is 24.3 Å². The van der Waals surface area contributed by atoms with E-state index in [1.165, 1.54) is 24.3 Å². The zero-order chi connectivity index (χ0) is 28.2. The van der Waals surface area contributed by atoms with E-state index in [2.05, 4.69) is 0 Å². The highest BCUT2D eigenvalue weighted by Crippen LogP contribution is 2.38. The van der Waals surface area contributed by atoms with Crippen LogP contribution >= 0.6 is 0 Å². The van der Waals surface area contributed by atoms with Crippen molar-refractivity contribution < 1.29 is 63.9 Å². The van der Waals surface area contributed by atoms with Gasteiger partial charge in [-0.25, -0.2) is 9.59 Å². The number of aliphatic hydroxyl groups is 6. The van der Waals surface area contributed by atoms with Gasteiger partial charge in [-0.3, -0.25) is 0 Å². The second-order valence-corrected chi connectivity index (χ2v) is 9.05. The van der Waals surface area contributed by atoms with Gasteiger partial charge in [-0.05, 0) is 24.3 Å². The van der Waals surface area contributed by atoms with Crippen LogP contribution in [0.4, 0.5) is 0 Å². The molecular formula is C26H30O13. The maximum Gasteiger partial charge on any atom is 0.338 e. The molecule has 0 amide bonds. The van der Waals surface area contributed by atoms with Crippen molar-refractivity contribution in [2.75, 3.05) is 19.8 Å². The van der Waals surface area contributed by atoms with Gasteiger partial charge in [-0.15, -0.1) is 0 Å². The van der Waals surface area contributed by atoms with Crippen LogP contribution in [0.1, 0.15) is 20.7 Å². The van der Waals surface area contributed by atoms with Crippen LogP contribution in [0, 0.1) is 0 Å². The fourth-order valence-electron chi connectivity index (χ4n) is 4.41. The fourth-order valence-corrected chi connectivity index (χ4v) is 4.41. The van der Waals surface area contributed by atoms with E-state index in [9.17, 15) is 40.2 Å². The SMILES string of the molecule is O=C(O[C@H]1[C@@H](O[C@]2(CO)O[C@H](CO)[C@@H](O)[C@@H]2OC(=O)c2ccccc2)O[C@H](CO)[C@@H](O)[C@@H]1O)c1ccccc1. The van der Waals surface area contributed by atoms with Crippen LogP contribution in [0.5, 0.6) is 0 Å². The number of benzene rings is 2. The molecule has 2 heterocycles. The summed E-state index contributed by atoms with van der Waals surface area (Å²) in [5.41, 5.74) is 0.202. The average Bonchev–Trinajstić information content (AvgIpc) is 3.23. The standard InChI is InChI=1S/C26H30O13/c27-11-16-18(30)20(32)21(36-23(33)14-7-3-1-4-8-14)25(35-16)39-26(13-29)22(19(31)17(12-28)38-26)37-24(34)15-9-5-2-6-10-15/h1-10,16-22,25,27-32H,11-13H2/t16-,17-,18-,19-,20+,21-,22+,25-,26+/m1/s1. The number of esters is 2. The Morgan fingerprint density at radius 3 is 1.79 bits per heavy atom. The highest BCUT2D eigenvalue weighted by atomic mass is 16.8. The molecule has 13 heteroatoms. The van der Waals surface area contributed by atoms with Gasteiger partial charge in [-0.1, -0.05) is 36.4 Å². The predicted octanol–water partition coefficient (Wildman–Crippen LogP) is -1.67. The van der Waals surface area contributed by atoms with Gasteiger partial charge in [-0.2, -0.15) is 0 Å². The van der Waals surface area contributed by atoms with Crippen LogP contribution in [0.15, 0.2) is 60.7 Å². The molecule has 2 aliphatic heterocycles. The van der Waals surface area contributed by atoms with Crippen LogP contribution < -0.4 is 0 Å². The third-order valence-electron chi connectivity index (χ3n) is 6.51. The minimum atomic E-state index is -2.39. The van der Waals surface area contributed by atoms with E-state index in [0.29, 0.717) is 0 Å². The molecule has 4 rings (SSSR count). The molecule has 2 fully saturated rings. The number of carbonyl (C=O) groups is 2. The first-order chi connectivity index (χ1) is 18.7. The number of hydrogen-bond donors (Lipinski definition) is 6. The van der Waals surface area contributed by atoms with E-state index in [0.717, 1.165) is 0 Å². The largest absolute Gasteiger partial charge is 0.450 e. The number of aliphatic hydroxyl groups excluding tert-OH is 6. The monoisotopic (exact) mass is 550 g/mol. The third-order valence-corrected chi connectivity index (χ3v) is 6.51. The van der Waals surface area contributed by atoms with E-state index < -0.39 is 86.6 Å². The Morgan fingerprint density at radius 2 is 1.28 bits per heavy atom. The molecule has 2 aromatic carbocycles. The Labute approximate surface area is 222 Å². The molecule has 13 nitrogen and oxygen atoms in total. The highest BCUT2D eigenvalue weighted by molar-refractivity contribution is 5.90. The smallest absolute Gasteiger partial charge is 0.338 e. The molecule has 6 N–H and O–H groups in total. The summed E-state index contributed by atoms with van der Waals surface area (Å²) in [5, 5.41) is 61.7. The van der Waals surface area contributed by atoms with Gasteiger partial charge in [0.25, 0.3) is 0 Å². The fraction of sp³-hybridized carbons (Fsp3) is 0.462. The first-order valence-corrected chi connectivity index (χ1v) is 12.1. The molecule has 212 valence electrons. The van der Waals surface area contributed by atoms with Crippen LogP contribution in [-0.2, 0) is 23.7 Å². The van der Waals surface area contributed by atoms with E-state index >= 15 is 0 Å². The maximum absolute atomic E-state index is 12.8. The Bertz CT molecular complexity index is 1100. The van der Waals surface area contributed by atoms with Crippen molar-refractivity contribution in [2.45, 2.75) is 54.8 Å². The van der Waals surface area contributed by atoms with Gasteiger partial charge < -0.3 is 54.3 Å². The Balaban J connectivity index is 1.64. The summed E-state index contributed by atoms with van der Waals surface area (Å²) < 4.78 is 27.8. The van der Waals surface area contributed by atoms with Gasteiger partial charge in [0.15, 0.2) is 12.2 Å². The molecule has 0 unspecified atom stereocenters. The second kappa shape index (κ2) is 12.5. The summed E-state index contributed by atoms with van der Waals surface area (Å²) >= 11 is 0. The molecule has 39 heavy (non-hydrogen) atoms. The van der Waals surface area contributed by atoms with Crippen LogP contribution in [0.25, 0.3) is 0 Å². The van der Waals surface area contributed by atoms with E-state index in [4.69, 9.17) is 23.7 Å². The lowest BCUT2D eigenvalue weighted by atomic mass is 9.98. The predicted molar refractivity (Wildman–Crippen MR) is 128 cm³/mol. The molecule has 2 aliphatic rings. The number of hydrogen-bond acceptors (Lipinski definition) is 13. The summed E-state index contributed by atoms with van der Waals surface area (Å²) in [4.78, 5) is 25.6. The average molecular weight is 551 g/mol. The molecule has 2 saturated heterocycles. The van der Waals surface area contributed by atoms with E-state index in [-0.39, 0.29) is 11.1 Å². The van der Waals surface area contributed by atoms with Crippen LogP contribution in [0.2, 0.25) is 0 Å². The zero-order valence-electron chi connectivity index (χ0n) is 20.6. The van der Waals surface area contributed by atoms with Gasteiger partial charge in [0.2, 0.25) is 12.1 Å². The highest BCUT2D eigenvalue weighted by Gasteiger charge is 2.61. The number of carbonyl (C=O) groups excluding carboxylic acids is 2. The lowest BCUT2D eigenvalue weighted by Crippen LogP contribution is -2.64. The Morgan fingerprint density at radius 1 is 0.744 bits per heavy atom. The summed E-state index contributed by atoms with van der Waals surface area (Å²) in [5.74, 6) is -4.22. The molecule has 0 radical (unpaired) electrons. The molecule has 0 aromatic heterocycles. The number of rotatable bonds is 9. The van der Waals surface area contributed by atoms with Crippen LogP contribution in [0.3, 0.4) is 0 Å². The molecule has 9 atom stereocenters. The van der Waals surface area contributed by atoms with Crippen molar-refractivity contribution in [2.24, 2.45) is 0 Å². The van der Waals surface area contributed by atoms with E-state index in [1.807, 2.05) is 0 Å². The van der Waals surface area contributed by atoms with Gasteiger partial charge in [0.1, 0.15) is 37.1 Å². The zero-order valence-corrected chi connectivity index (χ0v) is 20.6. The first kappa shape index (κ1) is 29.0. The summed E-state index contributed by atoms with van der Waals surface area (Å²) in [7, 11) is 0. The molecule has 0 spiro atoms. The lowest BCUT2D eigenvalue weighted by Gasteiger charge is -2.44. The normalized spacial score (nSPS) is 34.4. The minimum absolute atomic E-state index is 0.0987. The molecule has 0 aliphatic carbocycles. The first-order valence-electron chi connectivity index (χ1n) is 12.1. The second-order valence-electron chi connectivity index (χ2n) is 9.05. The summed E-state index contributed by atoms with van der Waals surface area (Å²) in [6.07, 6.45) is -13.3. The Kier molecular flexibility index (Phi) is 9.27. The topological polar surface area (TPSA) is 202 Å². The summed E-state index contributed by atoms with van der Waals surface area (Å²) in [6.45, 7) is -2.60. The molecule has 0 saturated carbocycles. The van der Waals surface area contributed by atoms with Crippen LogP contribution in [-0.4, -0.2) is 117 Å². The number of ether oxygens (including phenoxy) is 5. The molecule has 0 bridgehead atoms. The third kappa shape index (κ3) is 5.96. The van der Waals surface area contributed by atoms with Gasteiger partial charge >= 0.3 is 11.9 Å². The van der Waals surface area contributed by atoms with Crippen molar-refractivity contribution in [3.8, 4) is 0 Å². The van der Waals surface area contributed by atoms with Crippen molar-refractivity contribution in [3.05, 3.63) is 71.8 Å². The molecular weight excluding hydrogens is 520 g/mol. The van der Waals surface area contributed by atoms with E-state index in [1.54, 1.807) is 36.4 Å². The van der Waals surface area contributed by atoms with Crippen molar-refractivity contribution in [1.29, 1.82) is 0 Å².